The summed E-state index contributed by atoms with van der Waals surface area (Å²) in [5, 5.41) is 11.1. The van der Waals surface area contributed by atoms with Crippen LogP contribution in [0.15, 0.2) is 0 Å². The lowest BCUT2D eigenvalue weighted by Crippen LogP contribution is -2.39. The Kier molecular flexibility index (Phi) is 3.34. The minimum atomic E-state index is -3.26. The molecule has 0 spiro atoms. The summed E-state index contributed by atoms with van der Waals surface area (Å²) >= 11 is 0. The average Bonchev–Trinajstić information content (AvgIpc) is 2.68. The van der Waals surface area contributed by atoms with Gasteiger partial charge in [-0.3, -0.25) is 9.36 Å². The molecule has 2 aliphatic rings. The van der Waals surface area contributed by atoms with Crippen molar-refractivity contribution in [3.05, 3.63) is 0 Å². The highest BCUT2D eigenvalue weighted by Gasteiger charge is 2.54. The lowest BCUT2D eigenvalue weighted by atomic mass is 10.1. The standard InChI is InChI=1S/C10H18NO5P/c1-7-5-15-17(14,16-6-7)10(2)3-8(4-11-10)9(12)13/h7-8,11H,3-6H2,1-2H3,(H,12,13). The largest absolute Gasteiger partial charge is 0.481 e. The fourth-order valence-electron chi connectivity index (χ4n) is 2.17. The SMILES string of the molecule is CC1COP(=O)(C2(C)CC(C(=O)O)CN2)OC1. The summed E-state index contributed by atoms with van der Waals surface area (Å²) in [5.41, 5.74) is 0. The normalized spacial score (nSPS) is 46.9. The van der Waals surface area contributed by atoms with E-state index in [1.807, 2.05) is 6.92 Å². The van der Waals surface area contributed by atoms with Crippen LogP contribution in [-0.2, 0) is 18.4 Å². The molecular formula is C10H18NO5P. The topological polar surface area (TPSA) is 84.9 Å². The summed E-state index contributed by atoms with van der Waals surface area (Å²) in [6.45, 7) is 4.76. The van der Waals surface area contributed by atoms with Crippen LogP contribution in [0.1, 0.15) is 20.3 Å². The highest BCUT2D eigenvalue weighted by Crippen LogP contribution is 2.63. The highest BCUT2D eigenvalue weighted by atomic mass is 31.2. The van der Waals surface area contributed by atoms with Gasteiger partial charge in [0.05, 0.1) is 19.1 Å². The molecule has 6 nitrogen and oxygen atoms in total. The molecule has 0 aromatic rings. The number of nitrogens with one attached hydrogen (secondary N) is 1. The van der Waals surface area contributed by atoms with Gasteiger partial charge in [-0.1, -0.05) is 6.92 Å². The van der Waals surface area contributed by atoms with Gasteiger partial charge in [-0.25, -0.2) is 0 Å². The molecule has 2 rings (SSSR count). The lowest BCUT2D eigenvalue weighted by molar-refractivity contribution is -0.141. The van der Waals surface area contributed by atoms with Gasteiger partial charge in [-0.15, -0.1) is 0 Å². The molecule has 0 amide bonds. The third-order valence-electron chi connectivity index (χ3n) is 3.38. The van der Waals surface area contributed by atoms with E-state index in [0.29, 0.717) is 19.8 Å². The zero-order valence-corrected chi connectivity index (χ0v) is 10.9. The molecule has 2 heterocycles. The quantitative estimate of drug-likeness (QED) is 0.730. The van der Waals surface area contributed by atoms with Crippen molar-refractivity contribution in [1.82, 2.24) is 5.32 Å². The molecule has 0 radical (unpaired) electrons. The molecule has 0 aromatic carbocycles. The predicted molar refractivity (Wildman–Crippen MR) is 60.8 cm³/mol. The van der Waals surface area contributed by atoms with Crippen LogP contribution in [0, 0.1) is 11.8 Å². The van der Waals surface area contributed by atoms with Crippen LogP contribution in [0.5, 0.6) is 0 Å². The van der Waals surface area contributed by atoms with Crippen LogP contribution in [0.3, 0.4) is 0 Å². The van der Waals surface area contributed by atoms with Crippen LogP contribution in [0.2, 0.25) is 0 Å². The zero-order valence-electron chi connectivity index (χ0n) is 10.0. The first-order chi connectivity index (χ1) is 7.86. The molecule has 0 bridgehead atoms. The second-order valence-corrected chi connectivity index (χ2v) is 7.59. The Morgan fingerprint density at radius 3 is 2.53 bits per heavy atom. The third kappa shape index (κ3) is 2.27. The van der Waals surface area contributed by atoms with Crippen LogP contribution in [-0.4, -0.2) is 36.1 Å². The molecule has 7 heteroatoms. The summed E-state index contributed by atoms with van der Waals surface area (Å²) in [5.74, 6) is -1.19. The van der Waals surface area contributed by atoms with Crippen molar-refractivity contribution in [2.75, 3.05) is 19.8 Å². The van der Waals surface area contributed by atoms with E-state index >= 15 is 0 Å². The lowest BCUT2D eigenvalue weighted by Gasteiger charge is -2.37. The molecular weight excluding hydrogens is 245 g/mol. The molecule has 2 aliphatic heterocycles. The van der Waals surface area contributed by atoms with Crippen molar-refractivity contribution in [3.8, 4) is 0 Å². The smallest absolute Gasteiger partial charge is 0.350 e. The van der Waals surface area contributed by atoms with E-state index in [1.54, 1.807) is 6.92 Å². The summed E-state index contributed by atoms with van der Waals surface area (Å²) in [6.07, 6.45) is 0.272. The van der Waals surface area contributed by atoms with Crippen molar-refractivity contribution < 1.29 is 23.5 Å². The molecule has 0 saturated carbocycles. The van der Waals surface area contributed by atoms with E-state index in [0.717, 1.165) is 0 Å². The molecule has 2 saturated heterocycles. The maximum absolute atomic E-state index is 12.6. The van der Waals surface area contributed by atoms with E-state index in [-0.39, 0.29) is 12.3 Å². The van der Waals surface area contributed by atoms with Gasteiger partial charge in [-0.2, -0.15) is 0 Å². The molecule has 2 fully saturated rings. The first-order valence-corrected chi connectivity index (χ1v) is 7.28. The minimum absolute atomic E-state index is 0.220. The number of carbonyl (C=O) groups is 1. The van der Waals surface area contributed by atoms with Gasteiger partial charge in [0.15, 0.2) is 0 Å². The van der Waals surface area contributed by atoms with Gasteiger partial charge in [0.25, 0.3) is 0 Å². The van der Waals surface area contributed by atoms with Gasteiger partial charge in [-0.05, 0) is 13.3 Å². The van der Waals surface area contributed by atoms with E-state index in [1.165, 1.54) is 0 Å². The summed E-state index contributed by atoms with van der Waals surface area (Å²) in [4.78, 5) is 10.9. The van der Waals surface area contributed by atoms with Crippen molar-refractivity contribution in [1.29, 1.82) is 0 Å². The summed E-state index contributed by atoms with van der Waals surface area (Å²) in [6, 6.07) is 0. The Hall–Kier alpha value is -0.420. The Morgan fingerprint density at radius 1 is 1.47 bits per heavy atom. The van der Waals surface area contributed by atoms with E-state index in [2.05, 4.69) is 5.32 Å². The van der Waals surface area contributed by atoms with Gasteiger partial charge in [0.1, 0.15) is 5.28 Å². The maximum Gasteiger partial charge on any atom is 0.350 e. The Balaban J connectivity index is 2.11. The summed E-state index contributed by atoms with van der Waals surface area (Å²) in [7, 11) is -3.26. The first kappa shape index (κ1) is 13.0. The van der Waals surface area contributed by atoms with E-state index in [9.17, 15) is 9.36 Å². The van der Waals surface area contributed by atoms with E-state index in [4.69, 9.17) is 14.2 Å². The monoisotopic (exact) mass is 263 g/mol. The van der Waals surface area contributed by atoms with Crippen molar-refractivity contribution in [3.63, 3.8) is 0 Å². The second kappa shape index (κ2) is 4.35. The molecule has 0 aromatic heterocycles. The number of hydrogen-bond acceptors (Lipinski definition) is 5. The minimum Gasteiger partial charge on any atom is -0.481 e. The number of hydrogen-bond donors (Lipinski definition) is 2. The molecule has 98 valence electrons. The Bertz CT molecular complexity index is 362. The van der Waals surface area contributed by atoms with Gasteiger partial charge in [0.2, 0.25) is 0 Å². The molecule has 17 heavy (non-hydrogen) atoms. The van der Waals surface area contributed by atoms with Gasteiger partial charge in [0, 0.05) is 12.5 Å². The highest BCUT2D eigenvalue weighted by molar-refractivity contribution is 7.55. The average molecular weight is 263 g/mol. The molecule has 2 atom stereocenters. The number of rotatable bonds is 2. The van der Waals surface area contributed by atoms with Crippen molar-refractivity contribution >= 4 is 13.6 Å². The van der Waals surface area contributed by atoms with Crippen LogP contribution < -0.4 is 5.32 Å². The van der Waals surface area contributed by atoms with Crippen molar-refractivity contribution in [2.24, 2.45) is 11.8 Å². The molecule has 0 aliphatic carbocycles. The number of carboxylic acids is 1. The molecule has 2 unspecified atom stereocenters. The van der Waals surface area contributed by atoms with Crippen molar-refractivity contribution in [2.45, 2.75) is 25.5 Å². The van der Waals surface area contributed by atoms with Gasteiger partial charge < -0.3 is 19.5 Å². The maximum atomic E-state index is 12.6. The van der Waals surface area contributed by atoms with Crippen LogP contribution in [0.25, 0.3) is 0 Å². The van der Waals surface area contributed by atoms with Crippen LogP contribution >= 0.6 is 7.60 Å². The third-order valence-corrected chi connectivity index (χ3v) is 5.91. The van der Waals surface area contributed by atoms with E-state index < -0.39 is 24.8 Å². The Morgan fingerprint density at radius 2 is 2.06 bits per heavy atom. The fourth-order valence-corrected chi connectivity index (χ4v) is 4.45. The predicted octanol–water partition coefficient (Wildman–Crippen LogP) is 1.27. The molecule has 2 N–H and O–H groups in total. The fraction of sp³-hybridized carbons (Fsp3) is 0.900. The summed E-state index contributed by atoms with van der Waals surface area (Å²) < 4.78 is 23.3. The number of aliphatic carboxylic acids is 1. The second-order valence-electron chi connectivity index (χ2n) is 5.09. The zero-order chi connectivity index (χ0) is 12.7. The Labute approximate surface area is 100 Å². The number of carboxylic acid groups (broad SMARTS) is 1. The van der Waals surface area contributed by atoms with Crippen LogP contribution in [0.4, 0.5) is 0 Å². The van der Waals surface area contributed by atoms with Gasteiger partial charge >= 0.3 is 13.6 Å². The first-order valence-electron chi connectivity index (χ1n) is 5.73.